The number of hydrogen-bond donors (Lipinski definition) is 1. The molecule has 0 amide bonds. The second kappa shape index (κ2) is 4.50. The van der Waals surface area contributed by atoms with Crippen LogP contribution in [0.2, 0.25) is 0 Å². The summed E-state index contributed by atoms with van der Waals surface area (Å²) in [4.78, 5) is 4.07. The highest BCUT2D eigenvalue weighted by Crippen LogP contribution is 2.17. The fourth-order valence-electron chi connectivity index (χ4n) is 1.32. The van der Waals surface area contributed by atoms with Gasteiger partial charge in [-0.15, -0.1) is 0 Å². The van der Waals surface area contributed by atoms with Gasteiger partial charge in [-0.05, 0) is 20.4 Å². The molecule has 0 aliphatic heterocycles. The number of sulfone groups is 1. The highest BCUT2D eigenvalue weighted by Gasteiger charge is 2.26. The van der Waals surface area contributed by atoms with Crippen molar-refractivity contribution in [1.29, 1.82) is 0 Å². The molecule has 1 N–H and O–H groups in total. The van der Waals surface area contributed by atoms with Gasteiger partial charge >= 0.3 is 0 Å². The molecular weight excluding hydrogens is 230 g/mol. The first-order chi connectivity index (χ1) is 7.24. The summed E-state index contributed by atoms with van der Waals surface area (Å²) >= 11 is 0. The topological polar surface area (TPSA) is 85.1 Å². The van der Waals surface area contributed by atoms with Crippen molar-refractivity contribution in [1.82, 2.24) is 15.5 Å². The Bertz CT molecular complexity index is 450. The minimum Gasteiger partial charge on any atom is -0.337 e. The highest BCUT2D eigenvalue weighted by molar-refractivity contribution is 7.89. The van der Waals surface area contributed by atoms with Crippen molar-refractivity contribution in [2.45, 2.75) is 32.1 Å². The molecule has 92 valence electrons. The van der Waals surface area contributed by atoms with E-state index >= 15 is 0 Å². The van der Waals surface area contributed by atoms with Crippen molar-refractivity contribution in [3.63, 3.8) is 0 Å². The van der Waals surface area contributed by atoms with E-state index in [-0.39, 0.29) is 11.6 Å². The Morgan fingerprint density at radius 2 is 2.06 bits per heavy atom. The Morgan fingerprint density at radius 3 is 2.56 bits per heavy atom. The molecule has 0 bridgehead atoms. The molecule has 1 heterocycles. The van der Waals surface area contributed by atoms with E-state index in [2.05, 4.69) is 15.5 Å². The lowest BCUT2D eigenvalue weighted by molar-refractivity contribution is 0.271. The maximum atomic E-state index is 11.0. The van der Waals surface area contributed by atoms with Gasteiger partial charge in [-0.25, -0.2) is 8.42 Å². The first kappa shape index (κ1) is 13.1. The molecule has 0 spiro atoms. The Labute approximate surface area is 95.3 Å². The fraction of sp³-hybridized carbons (Fsp3) is 0.778. The first-order valence-electron chi connectivity index (χ1n) is 5.00. The van der Waals surface area contributed by atoms with Crippen LogP contribution in [0.4, 0.5) is 0 Å². The van der Waals surface area contributed by atoms with E-state index in [1.807, 2.05) is 20.8 Å². The van der Waals surface area contributed by atoms with Crippen molar-refractivity contribution in [2.24, 2.45) is 0 Å². The molecular formula is C9H17N3O3S. The zero-order valence-corrected chi connectivity index (χ0v) is 10.8. The summed E-state index contributed by atoms with van der Waals surface area (Å²) in [5.74, 6) is 0.398. The van der Waals surface area contributed by atoms with Crippen LogP contribution in [0.5, 0.6) is 0 Å². The summed E-state index contributed by atoms with van der Waals surface area (Å²) in [5, 5.41) is 6.81. The zero-order chi connectivity index (χ0) is 12.4. The minimum absolute atomic E-state index is 0.196. The van der Waals surface area contributed by atoms with E-state index in [1.54, 1.807) is 0 Å². The van der Waals surface area contributed by atoms with Crippen molar-refractivity contribution >= 4 is 9.84 Å². The zero-order valence-electron chi connectivity index (χ0n) is 9.94. The molecule has 6 nitrogen and oxygen atoms in total. The third kappa shape index (κ3) is 3.57. The Hall–Kier alpha value is -0.950. The van der Waals surface area contributed by atoms with Gasteiger partial charge in [0.15, 0.2) is 15.7 Å². The van der Waals surface area contributed by atoms with Gasteiger partial charge in [-0.3, -0.25) is 0 Å². The molecule has 0 unspecified atom stereocenters. The van der Waals surface area contributed by atoms with Crippen LogP contribution in [0.15, 0.2) is 4.52 Å². The van der Waals surface area contributed by atoms with Crippen LogP contribution in [-0.2, 0) is 21.1 Å². The van der Waals surface area contributed by atoms with E-state index in [4.69, 9.17) is 4.52 Å². The van der Waals surface area contributed by atoms with Crippen LogP contribution in [0.3, 0.4) is 0 Å². The minimum atomic E-state index is -3.13. The summed E-state index contributed by atoms with van der Waals surface area (Å²) in [5.41, 5.74) is -0.447. The van der Waals surface area contributed by atoms with Crippen molar-refractivity contribution in [2.75, 3.05) is 12.8 Å². The van der Waals surface area contributed by atoms with E-state index < -0.39 is 15.4 Å². The summed E-state index contributed by atoms with van der Waals surface area (Å²) in [7, 11) is -3.13. The average Bonchev–Trinajstić information content (AvgIpc) is 2.49. The molecule has 0 aromatic carbocycles. The summed E-state index contributed by atoms with van der Waals surface area (Å²) in [6, 6.07) is 0. The highest BCUT2D eigenvalue weighted by atomic mass is 32.2. The third-order valence-corrected chi connectivity index (χ3v) is 2.80. The van der Waals surface area contributed by atoms with Gasteiger partial charge in [0.25, 0.3) is 0 Å². The van der Waals surface area contributed by atoms with Gasteiger partial charge in [0.2, 0.25) is 5.89 Å². The SMILES string of the molecule is CCNC(C)(C)c1nc(CS(C)(=O)=O)no1. The molecule has 1 aromatic heterocycles. The van der Waals surface area contributed by atoms with Gasteiger partial charge in [0.05, 0.1) is 5.54 Å². The molecule has 0 aliphatic rings. The van der Waals surface area contributed by atoms with Gasteiger partial charge in [0, 0.05) is 6.26 Å². The molecule has 0 saturated heterocycles. The standard InChI is InChI=1S/C9H17N3O3S/c1-5-10-9(2,3)8-11-7(12-15-8)6-16(4,13)14/h10H,5-6H2,1-4H3. The molecule has 0 saturated carbocycles. The van der Waals surface area contributed by atoms with Gasteiger partial charge in [-0.2, -0.15) is 4.98 Å². The lowest BCUT2D eigenvalue weighted by atomic mass is 10.1. The van der Waals surface area contributed by atoms with E-state index in [0.29, 0.717) is 5.89 Å². The third-order valence-electron chi connectivity index (χ3n) is 2.01. The van der Waals surface area contributed by atoms with Crippen LogP contribution < -0.4 is 5.32 Å². The Morgan fingerprint density at radius 1 is 1.44 bits per heavy atom. The second-order valence-electron chi connectivity index (χ2n) is 4.24. The molecule has 7 heteroatoms. The summed E-state index contributed by atoms with van der Waals surface area (Å²) < 4.78 is 27.1. The van der Waals surface area contributed by atoms with Gasteiger partial charge in [0.1, 0.15) is 5.75 Å². The molecule has 0 radical (unpaired) electrons. The van der Waals surface area contributed by atoms with Crippen molar-refractivity contribution in [3.05, 3.63) is 11.7 Å². The molecule has 16 heavy (non-hydrogen) atoms. The normalized spacial score (nSPS) is 13.0. The smallest absolute Gasteiger partial charge is 0.246 e. The predicted molar refractivity (Wildman–Crippen MR) is 59.5 cm³/mol. The Kier molecular flexibility index (Phi) is 3.69. The average molecular weight is 247 g/mol. The molecule has 0 aliphatic carbocycles. The van der Waals surface area contributed by atoms with Crippen LogP contribution in [-0.4, -0.2) is 31.4 Å². The lowest BCUT2D eigenvalue weighted by Gasteiger charge is -2.20. The van der Waals surface area contributed by atoms with Crippen molar-refractivity contribution in [3.8, 4) is 0 Å². The quantitative estimate of drug-likeness (QED) is 0.813. The first-order valence-corrected chi connectivity index (χ1v) is 7.06. The maximum absolute atomic E-state index is 11.0. The van der Waals surface area contributed by atoms with Crippen LogP contribution in [0.25, 0.3) is 0 Å². The van der Waals surface area contributed by atoms with E-state index in [0.717, 1.165) is 12.8 Å². The van der Waals surface area contributed by atoms with Gasteiger partial charge in [-0.1, -0.05) is 12.1 Å². The second-order valence-corrected chi connectivity index (χ2v) is 6.38. The molecule has 0 fully saturated rings. The fourth-order valence-corrected chi connectivity index (χ4v) is 1.90. The lowest BCUT2D eigenvalue weighted by Crippen LogP contribution is -2.36. The maximum Gasteiger partial charge on any atom is 0.246 e. The van der Waals surface area contributed by atoms with Crippen LogP contribution in [0, 0.1) is 0 Å². The monoisotopic (exact) mass is 247 g/mol. The van der Waals surface area contributed by atoms with Crippen LogP contribution in [0.1, 0.15) is 32.5 Å². The number of rotatable bonds is 5. The summed E-state index contributed by atoms with van der Waals surface area (Å²) in [6.07, 6.45) is 1.14. The molecule has 0 atom stereocenters. The van der Waals surface area contributed by atoms with Gasteiger partial charge < -0.3 is 9.84 Å². The number of nitrogens with one attached hydrogen (secondary N) is 1. The largest absolute Gasteiger partial charge is 0.337 e. The molecule has 1 rings (SSSR count). The molecule has 1 aromatic rings. The predicted octanol–water partition coefficient (Wildman–Crippen LogP) is 0.459. The number of hydrogen-bond acceptors (Lipinski definition) is 6. The number of aromatic nitrogens is 2. The summed E-state index contributed by atoms with van der Waals surface area (Å²) in [6.45, 7) is 6.52. The number of nitrogens with zero attached hydrogens (tertiary/aromatic N) is 2. The van der Waals surface area contributed by atoms with E-state index in [1.165, 1.54) is 0 Å². The van der Waals surface area contributed by atoms with E-state index in [9.17, 15) is 8.42 Å². The Balaban J connectivity index is 2.87. The van der Waals surface area contributed by atoms with Crippen LogP contribution >= 0.6 is 0 Å². The van der Waals surface area contributed by atoms with Crippen molar-refractivity contribution < 1.29 is 12.9 Å².